The number of ketones is 2. The highest BCUT2D eigenvalue weighted by atomic mass is 32.2. The first-order chi connectivity index (χ1) is 34.2. The van der Waals surface area contributed by atoms with Gasteiger partial charge in [-0.2, -0.15) is 11.8 Å². The van der Waals surface area contributed by atoms with Crippen molar-refractivity contribution in [1.82, 2.24) is 41.8 Å². The van der Waals surface area contributed by atoms with Crippen molar-refractivity contribution >= 4 is 86.4 Å². The number of rotatable bonds is 11. The molecule has 6 rings (SSSR count). The minimum Gasteiger partial charge on any atom is -0.496 e. The van der Waals surface area contributed by atoms with Gasteiger partial charge in [0.05, 0.1) is 73.5 Å². The molecule has 4 aliphatic rings. The van der Waals surface area contributed by atoms with E-state index in [9.17, 15) is 58.5 Å². The number of Topliss-reactive ketones (excluding diaryl/α,β-unsaturated/α-hetero) is 2. The first-order valence-electron chi connectivity index (χ1n) is 24.2. The van der Waals surface area contributed by atoms with Gasteiger partial charge >= 0.3 is 0 Å². The highest BCUT2D eigenvalue weighted by Crippen LogP contribution is 2.38. The Balaban J connectivity index is 1.58. The number of aromatic amines is 1. The van der Waals surface area contributed by atoms with Crippen molar-refractivity contribution in [2.24, 2.45) is 29.4 Å². The normalized spacial score (nSPS) is 29.0. The maximum atomic E-state index is 15.2. The van der Waals surface area contributed by atoms with Gasteiger partial charge in [0.15, 0.2) is 11.6 Å². The monoisotopic (exact) mass is 1050 g/mol. The second-order valence-electron chi connectivity index (χ2n) is 19.1. The lowest BCUT2D eigenvalue weighted by Gasteiger charge is -2.32. The molecule has 0 aliphatic carbocycles. The number of H-pyrrole nitrogens is 1. The van der Waals surface area contributed by atoms with Crippen LogP contribution in [0.25, 0.3) is 10.9 Å². The van der Waals surface area contributed by atoms with E-state index in [0.29, 0.717) is 34.4 Å². The van der Waals surface area contributed by atoms with Crippen molar-refractivity contribution < 1.29 is 67.4 Å². The van der Waals surface area contributed by atoms with Crippen LogP contribution in [0.4, 0.5) is 0 Å². The van der Waals surface area contributed by atoms with Gasteiger partial charge in [-0.15, -0.1) is 0 Å². The molecular weight excluding hydrogens is 979 g/mol. The number of benzene rings is 1. The average molecular weight is 1050 g/mol. The predicted octanol–water partition coefficient (Wildman–Crippen LogP) is -2.84. The zero-order valence-electron chi connectivity index (χ0n) is 40.8. The minimum atomic E-state index is -2.34. The predicted molar refractivity (Wildman–Crippen MR) is 262 cm³/mol. The summed E-state index contributed by atoms with van der Waals surface area (Å²) in [4.78, 5) is 131. The topological polar surface area (TPSA) is 358 Å². The van der Waals surface area contributed by atoms with E-state index >= 15 is 4.21 Å². The first-order valence-corrected chi connectivity index (χ1v) is 26.6. The second-order valence-corrected chi connectivity index (χ2v) is 21.8. The highest BCUT2D eigenvalue weighted by Gasteiger charge is 2.45. The molecule has 12 atom stereocenters. The molecule has 0 radical (unpaired) electrons. The summed E-state index contributed by atoms with van der Waals surface area (Å²) in [6.45, 7) is 3.89. The Hall–Kier alpha value is -5.47. The van der Waals surface area contributed by atoms with E-state index in [-0.39, 0.29) is 41.0 Å². The molecule has 72 heavy (non-hydrogen) atoms. The van der Waals surface area contributed by atoms with E-state index in [1.54, 1.807) is 37.7 Å². The molecular formula is C47H67N9O14S2. The van der Waals surface area contributed by atoms with Crippen LogP contribution in [0.2, 0.25) is 0 Å². The van der Waals surface area contributed by atoms with Crippen LogP contribution in [0.15, 0.2) is 17.2 Å². The Bertz CT molecular complexity index is 2430. The third kappa shape index (κ3) is 13.4. The zero-order chi connectivity index (χ0) is 52.6. The van der Waals surface area contributed by atoms with Gasteiger partial charge in [0.2, 0.25) is 41.4 Å². The van der Waals surface area contributed by atoms with Gasteiger partial charge in [-0.25, -0.2) is 0 Å². The molecule has 1 aromatic carbocycles. The maximum absolute atomic E-state index is 15.2. The van der Waals surface area contributed by atoms with Crippen LogP contribution in [0.5, 0.6) is 5.75 Å². The molecule has 0 spiro atoms. The number of carbonyl (C=O) groups is 9. The number of aliphatic hydroxyl groups excluding tert-OH is 3. The summed E-state index contributed by atoms with van der Waals surface area (Å²) < 4.78 is 21.0. The van der Waals surface area contributed by atoms with Gasteiger partial charge < -0.3 is 67.6 Å². The van der Waals surface area contributed by atoms with Crippen LogP contribution < -0.4 is 42.4 Å². The molecule has 2 saturated heterocycles. The number of primary amides is 1. The molecule has 12 N–H and O–H groups in total. The van der Waals surface area contributed by atoms with Gasteiger partial charge in [-0.1, -0.05) is 27.2 Å². The third-order valence-electron chi connectivity index (χ3n) is 14.1. The van der Waals surface area contributed by atoms with Crippen LogP contribution in [-0.2, 0) is 66.1 Å². The maximum Gasteiger partial charge on any atom is 0.246 e. The number of amides is 7. The lowest BCUT2D eigenvalue weighted by atomic mass is 9.85. The molecule has 2 unspecified atom stereocenters. The van der Waals surface area contributed by atoms with Crippen molar-refractivity contribution in [3.63, 3.8) is 0 Å². The molecule has 4 aliphatic heterocycles. The largest absolute Gasteiger partial charge is 0.496 e. The molecule has 396 valence electrons. The number of nitrogens with one attached hydrogen (secondary N) is 7. The number of hydrogen-bond acceptors (Lipinski definition) is 16. The quantitative estimate of drug-likeness (QED) is 0.108. The Labute approximate surface area is 422 Å². The lowest BCUT2D eigenvalue weighted by Crippen LogP contribution is -2.60. The van der Waals surface area contributed by atoms with E-state index in [1.165, 1.54) is 14.0 Å². The van der Waals surface area contributed by atoms with Crippen LogP contribution in [0, 0.1) is 23.7 Å². The van der Waals surface area contributed by atoms with E-state index in [0.717, 1.165) is 24.4 Å². The molecule has 5 heterocycles. The lowest BCUT2D eigenvalue weighted by molar-refractivity contribution is -0.144. The number of aromatic nitrogens is 1. The number of fused-ring (bicyclic) bond motifs is 5. The summed E-state index contributed by atoms with van der Waals surface area (Å²) in [5, 5.41) is 48.5. The number of thioether (sulfide) groups is 1. The van der Waals surface area contributed by atoms with E-state index in [4.69, 9.17) is 10.5 Å². The fraction of sp³-hybridized carbons (Fsp3) is 0.638. The Morgan fingerprint density at radius 1 is 0.972 bits per heavy atom. The smallest absolute Gasteiger partial charge is 0.246 e. The van der Waals surface area contributed by atoms with Crippen LogP contribution >= 0.6 is 11.8 Å². The van der Waals surface area contributed by atoms with Gasteiger partial charge in [0, 0.05) is 72.1 Å². The van der Waals surface area contributed by atoms with Crippen molar-refractivity contribution in [1.29, 1.82) is 0 Å². The van der Waals surface area contributed by atoms with Gasteiger partial charge in [-0.3, -0.25) is 47.4 Å². The number of carbonyl (C=O) groups excluding carboxylic acids is 9. The van der Waals surface area contributed by atoms with Crippen LogP contribution in [0.3, 0.4) is 0 Å². The second kappa shape index (κ2) is 25.0. The molecule has 2 fully saturated rings. The first kappa shape index (κ1) is 55.8. The van der Waals surface area contributed by atoms with Crippen molar-refractivity contribution in [2.45, 2.75) is 118 Å². The van der Waals surface area contributed by atoms with Gasteiger partial charge in [0.1, 0.15) is 28.9 Å². The van der Waals surface area contributed by atoms with E-state index in [2.05, 4.69) is 36.9 Å². The average Bonchev–Trinajstić information content (AvgIpc) is 4.12. The Morgan fingerprint density at radius 3 is 2.38 bits per heavy atom. The number of hydrogen-bond donors (Lipinski definition) is 11. The van der Waals surface area contributed by atoms with Crippen LogP contribution in [-0.4, -0.2) is 176 Å². The molecule has 2 bridgehead atoms. The molecule has 1 aromatic heterocycles. The minimum absolute atomic E-state index is 0.0278. The van der Waals surface area contributed by atoms with Crippen molar-refractivity contribution in [3.05, 3.63) is 23.3 Å². The number of ether oxygens (including phenoxy) is 1. The molecule has 7 amide bonds. The molecule has 2 aromatic rings. The molecule has 0 saturated carbocycles. The summed E-state index contributed by atoms with van der Waals surface area (Å²) in [7, 11) is -0.847. The summed E-state index contributed by atoms with van der Waals surface area (Å²) in [5.74, 6) is -11.9. The summed E-state index contributed by atoms with van der Waals surface area (Å²) in [5.41, 5.74) is 6.94. The highest BCUT2D eigenvalue weighted by molar-refractivity contribution is 7.99. The number of aliphatic hydroxyl groups is 3. The van der Waals surface area contributed by atoms with E-state index in [1.807, 2.05) is 0 Å². The summed E-state index contributed by atoms with van der Waals surface area (Å²) >= 11 is 1.66. The number of methoxy groups -OCH3 is 1. The Morgan fingerprint density at radius 2 is 1.71 bits per heavy atom. The summed E-state index contributed by atoms with van der Waals surface area (Å²) in [6.07, 6.45) is -4.17. The number of nitrogens with two attached hydrogens (primary N) is 1. The molecule has 25 heteroatoms. The van der Waals surface area contributed by atoms with Gasteiger partial charge in [-0.05, 0) is 43.0 Å². The van der Waals surface area contributed by atoms with Crippen molar-refractivity contribution in [3.8, 4) is 5.75 Å². The molecule has 23 nitrogen and oxygen atoms in total. The fourth-order valence-electron chi connectivity index (χ4n) is 9.68. The zero-order valence-corrected chi connectivity index (χ0v) is 42.4. The Kier molecular flexibility index (Phi) is 19.4. The third-order valence-corrected chi connectivity index (χ3v) is 16.9. The summed E-state index contributed by atoms with van der Waals surface area (Å²) in [6, 6.07) is -3.39. The van der Waals surface area contributed by atoms with Gasteiger partial charge in [0.25, 0.3) is 0 Å². The van der Waals surface area contributed by atoms with Crippen LogP contribution in [0.1, 0.15) is 70.4 Å². The van der Waals surface area contributed by atoms with E-state index < -0.39 is 163 Å². The standard InChI is InChI=1S/C47H67N9O14S2/c1-5-22(2)29-12-25(58)15-50-42(64)24-10-30-28-6-7-37(70-4)31(20-71-27-8-9-49-16-27)41(28)55-46(30)72(69)21-33(52-39(63)17-51-43(29)65)44(66)53-32(14-38(48)62)47(68)56-18-26(59)13-34(56)45(67)54-40(35(60)11-24)23(3)36(61)19-57/h6-7,22-24,26-27,29,32-34,36,40,49,55,57,59,61H,5,8-21H2,1-4H3,(H2,48,62)(H,50,64)(H,51,65)(H,52,63)(H,53,66)(H,54,67)/t22-,23-,24+,26+,27?,29-,32-,33-,34-,36-,40-,72?/m0/s1. The van der Waals surface area contributed by atoms with Crippen molar-refractivity contribution in [2.75, 3.05) is 52.2 Å². The SMILES string of the molecule is CC[C@H](C)[C@@H]1CC(=O)CNC(=O)[C@H]2CC(=O)[C@H]([C@@H](C)[C@@H](O)CO)NC(=O)[C@@H]3C[C@@H](O)CN3C(=O)[C@H](CC(N)=O)NC(=O)[C@H](CS(=O)c3[nH]c4c(CSC5CCNC5)c(OC)ccc4c3C2)NC(=O)CNC1=O. The fourth-order valence-corrected chi connectivity index (χ4v) is 12.3. The number of nitrogens with zero attached hydrogens (tertiary/aromatic N) is 1.